The van der Waals surface area contributed by atoms with Crippen LogP contribution in [0.2, 0.25) is 0 Å². The van der Waals surface area contributed by atoms with E-state index in [1.54, 1.807) is 7.11 Å². The van der Waals surface area contributed by atoms with Crippen LogP contribution in [0.5, 0.6) is 5.75 Å². The Morgan fingerprint density at radius 2 is 1.84 bits per heavy atom. The van der Waals surface area contributed by atoms with Crippen molar-refractivity contribution in [2.45, 2.75) is 33.2 Å². The van der Waals surface area contributed by atoms with Gasteiger partial charge >= 0.3 is 0 Å². The van der Waals surface area contributed by atoms with Gasteiger partial charge in [0.1, 0.15) is 5.75 Å². The van der Waals surface area contributed by atoms with Crippen molar-refractivity contribution in [3.05, 3.63) is 29.8 Å². The van der Waals surface area contributed by atoms with E-state index in [-0.39, 0.29) is 0 Å². The van der Waals surface area contributed by atoms with Crippen LogP contribution in [0.25, 0.3) is 0 Å². The number of hydrogen-bond acceptors (Lipinski definition) is 3. The molecule has 2 unspecified atom stereocenters. The van der Waals surface area contributed by atoms with E-state index in [0.717, 1.165) is 25.3 Å². The summed E-state index contributed by atoms with van der Waals surface area (Å²) in [5.74, 6) is 2.05. The summed E-state index contributed by atoms with van der Waals surface area (Å²) in [5, 5.41) is 3.63. The lowest BCUT2D eigenvalue weighted by atomic mass is 9.95. The fourth-order valence-corrected chi connectivity index (χ4v) is 2.22. The molecule has 1 rings (SSSR count). The number of nitrogens with one attached hydrogen (secondary N) is 1. The van der Waals surface area contributed by atoms with Gasteiger partial charge in [0, 0.05) is 6.04 Å². The second-order valence-electron chi connectivity index (χ2n) is 5.38. The van der Waals surface area contributed by atoms with Crippen molar-refractivity contribution in [1.29, 1.82) is 0 Å². The third kappa shape index (κ3) is 4.84. The quantitative estimate of drug-likeness (QED) is 0.759. The first kappa shape index (κ1) is 16.0. The summed E-state index contributed by atoms with van der Waals surface area (Å²) >= 11 is 0. The fourth-order valence-electron chi connectivity index (χ4n) is 2.22. The van der Waals surface area contributed by atoms with E-state index in [1.165, 1.54) is 5.56 Å². The molecule has 0 spiro atoms. The molecule has 0 aliphatic rings. The average molecular weight is 264 g/mol. The van der Waals surface area contributed by atoms with Gasteiger partial charge in [0.25, 0.3) is 0 Å². The van der Waals surface area contributed by atoms with Crippen LogP contribution in [0.15, 0.2) is 24.3 Å². The second-order valence-corrected chi connectivity index (χ2v) is 5.38. The van der Waals surface area contributed by atoms with Crippen LogP contribution >= 0.6 is 0 Å². The van der Waals surface area contributed by atoms with Crippen molar-refractivity contribution in [3.63, 3.8) is 0 Å². The molecule has 108 valence electrons. The lowest BCUT2D eigenvalue weighted by molar-refractivity contribution is 0.348. The Kier molecular flexibility index (Phi) is 6.89. The van der Waals surface area contributed by atoms with Crippen molar-refractivity contribution < 1.29 is 4.74 Å². The number of nitrogens with two attached hydrogens (primary N) is 1. The number of benzene rings is 1. The van der Waals surface area contributed by atoms with Gasteiger partial charge in [-0.2, -0.15) is 0 Å². The first-order valence-electron chi connectivity index (χ1n) is 7.19. The van der Waals surface area contributed by atoms with Crippen LogP contribution in [0.1, 0.15) is 38.8 Å². The molecule has 0 fully saturated rings. The topological polar surface area (TPSA) is 47.3 Å². The molecule has 0 bridgehead atoms. The summed E-state index contributed by atoms with van der Waals surface area (Å²) < 4.78 is 5.19. The molecule has 0 radical (unpaired) electrons. The van der Waals surface area contributed by atoms with Gasteiger partial charge in [-0.25, -0.2) is 0 Å². The zero-order valence-electron chi connectivity index (χ0n) is 12.6. The highest BCUT2D eigenvalue weighted by Gasteiger charge is 2.14. The lowest BCUT2D eigenvalue weighted by Crippen LogP contribution is -2.33. The number of rotatable bonds is 8. The van der Waals surface area contributed by atoms with Gasteiger partial charge in [0.2, 0.25) is 0 Å². The SMILES string of the molecule is CCC(NCC(CN)C(C)C)c1ccc(OC)cc1. The average Bonchev–Trinajstić information content (AvgIpc) is 2.43. The largest absolute Gasteiger partial charge is 0.497 e. The van der Waals surface area contributed by atoms with Crippen molar-refractivity contribution in [1.82, 2.24) is 5.32 Å². The van der Waals surface area contributed by atoms with Crippen molar-refractivity contribution >= 4 is 0 Å². The minimum absolute atomic E-state index is 0.388. The molecular formula is C16H28N2O. The fraction of sp³-hybridized carbons (Fsp3) is 0.625. The van der Waals surface area contributed by atoms with Crippen molar-refractivity contribution in [2.24, 2.45) is 17.6 Å². The van der Waals surface area contributed by atoms with Crippen molar-refractivity contribution in [3.8, 4) is 5.75 Å². The summed E-state index contributed by atoms with van der Waals surface area (Å²) in [6.07, 6.45) is 1.07. The molecule has 0 aliphatic carbocycles. The standard InChI is InChI=1S/C16H28N2O/c1-5-16(18-11-14(10-17)12(2)3)13-6-8-15(19-4)9-7-13/h6-9,12,14,16,18H,5,10-11,17H2,1-4H3. The van der Waals surface area contributed by atoms with E-state index >= 15 is 0 Å². The van der Waals surface area contributed by atoms with Gasteiger partial charge in [-0.1, -0.05) is 32.9 Å². The van der Waals surface area contributed by atoms with Gasteiger partial charge < -0.3 is 15.8 Å². The molecule has 0 aliphatic heterocycles. The molecule has 0 aromatic heterocycles. The Morgan fingerprint density at radius 1 is 1.21 bits per heavy atom. The smallest absolute Gasteiger partial charge is 0.118 e. The van der Waals surface area contributed by atoms with E-state index in [0.29, 0.717) is 17.9 Å². The minimum atomic E-state index is 0.388. The van der Waals surface area contributed by atoms with Crippen LogP contribution in [0, 0.1) is 11.8 Å². The number of hydrogen-bond donors (Lipinski definition) is 2. The molecule has 0 saturated carbocycles. The molecular weight excluding hydrogens is 236 g/mol. The Labute approximate surface area is 117 Å². The van der Waals surface area contributed by atoms with E-state index in [4.69, 9.17) is 10.5 Å². The molecule has 3 nitrogen and oxygen atoms in total. The second kappa shape index (κ2) is 8.18. The van der Waals surface area contributed by atoms with Crippen LogP contribution in [-0.4, -0.2) is 20.2 Å². The van der Waals surface area contributed by atoms with E-state index < -0.39 is 0 Å². The lowest BCUT2D eigenvalue weighted by Gasteiger charge is -2.24. The monoisotopic (exact) mass is 264 g/mol. The maximum Gasteiger partial charge on any atom is 0.118 e. The van der Waals surface area contributed by atoms with Gasteiger partial charge in [0.15, 0.2) is 0 Å². The molecule has 0 saturated heterocycles. The highest BCUT2D eigenvalue weighted by Crippen LogP contribution is 2.20. The molecule has 0 heterocycles. The maximum absolute atomic E-state index is 5.82. The minimum Gasteiger partial charge on any atom is -0.497 e. The summed E-state index contributed by atoms with van der Waals surface area (Å²) in [5.41, 5.74) is 7.13. The van der Waals surface area contributed by atoms with E-state index in [9.17, 15) is 0 Å². The molecule has 0 amide bonds. The van der Waals surface area contributed by atoms with Crippen LogP contribution < -0.4 is 15.8 Å². The van der Waals surface area contributed by atoms with Gasteiger partial charge in [-0.05, 0) is 49.0 Å². The Bertz CT molecular complexity index is 348. The van der Waals surface area contributed by atoms with Crippen LogP contribution in [0.4, 0.5) is 0 Å². The molecule has 1 aromatic rings. The third-order valence-corrected chi connectivity index (χ3v) is 3.80. The molecule has 19 heavy (non-hydrogen) atoms. The highest BCUT2D eigenvalue weighted by molar-refractivity contribution is 5.29. The van der Waals surface area contributed by atoms with Gasteiger partial charge in [-0.3, -0.25) is 0 Å². The van der Waals surface area contributed by atoms with Crippen LogP contribution in [0.3, 0.4) is 0 Å². The van der Waals surface area contributed by atoms with Gasteiger partial charge in [-0.15, -0.1) is 0 Å². The summed E-state index contributed by atoms with van der Waals surface area (Å²) in [7, 11) is 1.69. The predicted octanol–water partition coefficient (Wildman–Crippen LogP) is 2.97. The van der Waals surface area contributed by atoms with Crippen molar-refractivity contribution in [2.75, 3.05) is 20.2 Å². The summed E-state index contributed by atoms with van der Waals surface area (Å²) in [6, 6.07) is 8.68. The van der Waals surface area contributed by atoms with E-state index in [2.05, 4.69) is 38.2 Å². The summed E-state index contributed by atoms with van der Waals surface area (Å²) in [6.45, 7) is 8.37. The molecule has 3 N–H and O–H groups in total. The summed E-state index contributed by atoms with van der Waals surface area (Å²) in [4.78, 5) is 0. The zero-order valence-corrected chi connectivity index (χ0v) is 12.6. The van der Waals surface area contributed by atoms with E-state index in [1.807, 2.05) is 12.1 Å². The molecule has 1 aromatic carbocycles. The highest BCUT2D eigenvalue weighted by atomic mass is 16.5. The zero-order chi connectivity index (χ0) is 14.3. The normalized spacial score (nSPS) is 14.4. The number of methoxy groups -OCH3 is 1. The Balaban J connectivity index is 2.61. The van der Waals surface area contributed by atoms with Crippen LogP contribution in [-0.2, 0) is 0 Å². The maximum atomic E-state index is 5.82. The van der Waals surface area contributed by atoms with Gasteiger partial charge in [0.05, 0.1) is 7.11 Å². The number of ether oxygens (including phenoxy) is 1. The predicted molar refractivity (Wildman–Crippen MR) is 81.4 cm³/mol. The third-order valence-electron chi connectivity index (χ3n) is 3.80. The molecule has 3 heteroatoms. The Morgan fingerprint density at radius 3 is 2.26 bits per heavy atom. The first-order chi connectivity index (χ1) is 9.12. The Hall–Kier alpha value is -1.06. The first-order valence-corrected chi connectivity index (χ1v) is 7.19. The molecule has 2 atom stereocenters.